The number of rotatable bonds is 2. The van der Waals surface area contributed by atoms with Crippen molar-refractivity contribution in [2.45, 2.75) is 6.42 Å². The average Bonchev–Trinajstić information content (AvgIpc) is 2.71. The Balaban J connectivity index is 1.94. The molecule has 0 aliphatic heterocycles. The van der Waals surface area contributed by atoms with Crippen molar-refractivity contribution in [3.8, 4) is 0 Å². The van der Waals surface area contributed by atoms with Gasteiger partial charge in [0.2, 0.25) is 0 Å². The van der Waals surface area contributed by atoms with E-state index in [4.69, 9.17) is 0 Å². The summed E-state index contributed by atoms with van der Waals surface area (Å²) in [6.07, 6.45) is 9.89. The topological polar surface area (TPSA) is 9.49 Å². The molecule has 0 amide bonds. The third-order valence-electron chi connectivity index (χ3n) is 5.80. The summed E-state index contributed by atoms with van der Waals surface area (Å²) in [5, 5.41) is 0. The fourth-order valence-electron chi connectivity index (χ4n) is 4.08. The number of nitrogens with zero attached hydrogens (tertiary/aromatic N) is 3. The monoisotopic (exact) mass is 384 g/mol. The molecular weight excluding hydrogens is 354 g/mol. The largest absolute Gasteiger partial charge is 0.378 e. The van der Waals surface area contributed by atoms with E-state index in [1.54, 1.807) is 0 Å². The Morgan fingerprint density at radius 2 is 1.17 bits per heavy atom. The van der Waals surface area contributed by atoms with Gasteiger partial charge in [0.05, 0.1) is 0 Å². The Morgan fingerprint density at radius 3 is 1.59 bits per heavy atom. The standard InChI is InChI=1S/C26H30N3/c1-27(2)21-9-7-18(8-10-21)26-24-13-11-22(28(3)4)16-19(24)15-20-17-23(29(5)6)12-14-25(20)26/h7-14,16-17H,15H2,1-6H3/q+1. The zero-order valence-electron chi connectivity index (χ0n) is 18.3. The second-order valence-corrected chi connectivity index (χ2v) is 8.46. The predicted molar refractivity (Wildman–Crippen MR) is 126 cm³/mol. The first-order valence-corrected chi connectivity index (χ1v) is 10.1. The Bertz CT molecular complexity index is 1010. The highest BCUT2D eigenvalue weighted by Crippen LogP contribution is 2.41. The molecule has 0 fully saturated rings. The number of hydrogen-bond acceptors (Lipinski definition) is 2. The maximum absolute atomic E-state index is 2.34. The lowest BCUT2D eigenvalue weighted by Crippen LogP contribution is -2.15. The molecule has 0 heterocycles. The van der Waals surface area contributed by atoms with E-state index in [2.05, 4.69) is 117 Å². The van der Waals surface area contributed by atoms with E-state index in [-0.39, 0.29) is 0 Å². The van der Waals surface area contributed by atoms with Crippen LogP contribution < -0.4 is 9.80 Å². The summed E-state index contributed by atoms with van der Waals surface area (Å²) >= 11 is 0. The van der Waals surface area contributed by atoms with Gasteiger partial charge in [0, 0.05) is 51.7 Å². The summed E-state index contributed by atoms with van der Waals surface area (Å²) in [7, 11) is 12.6. The predicted octanol–water partition coefficient (Wildman–Crippen LogP) is 4.36. The summed E-state index contributed by atoms with van der Waals surface area (Å²) in [5.41, 5.74) is 11.8. The van der Waals surface area contributed by atoms with E-state index in [9.17, 15) is 0 Å². The molecule has 0 N–H and O–H groups in total. The number of fused-ring (bicyclic) bond motifs is 2. The van der Waals surface area contributed by atoms with Gasteiger partial charge in [-0.05, 0) is 76.2 Å². The maximum Gasteiger partial charge on any atom is 0.199 e. The maximum atomic E-state index is 2.34. The van der Waals surface area contributed by atoms with Crippen LogP contribution in [0.5, 0.6) is 0 Å². The van der Waals surface area contributed by atoms with Crippen LogP contribution in [0, 0.1) is 0 Å². The van der Waals surface area contributed by atoms with Crippen molar-refractivity contribution in [2.75, 3.05) is 52.1 Å². The van der Waals surface area contributed by atoms with Crippen molar-refractivity contribution >= 4 is 22.7 Å². The SMILES string of the molecule is CN(C)c1ccc2c(c1)Cc1cc(N(C)C)ccc1C2=C1C=CC(=[N+](C)C)C=C1. The van der Waals surface area contributed by atoms with Crippen LogP contribution in [0.25, 0.3) is 5.57 Å². The van der Waals surface area contributed by atoms with Gasteiger partial charge in [0.1, 0.15) is 14.1 Å². The number of allylic oxidation sites excluding steroid dienone is 5. The molecule has 0 unspecified atom stereocenters. The Labute approximate surface area is 174 Å². The molecule has 0 saturated carbocycles. The number of benzene rings is 2. The van der Waals surface area contributed by atoms with E-state index >= 15 is 0 Å². The van der Waals surface area contributed by atoms with Gasteiger partial charge in [0.15, 0.2) is 5.71 Å². The fraction of sp³-hybridized carbons (Fsp3) is 0.269. The van der Waals surface area contributed by atoms with Crippen LogP contribution in [-0.2, 0) is 6.42 Å². The van der Waals surface area contributed by atoms with Crippen LogP contribution in [-0.4, -0.2) is 52.6 Å². The summed E-state index contributed by atoms with van der Waals surface area (Å²) in [4.78, 5) is 4.36. The molecule has 2 aromatic rings. The number of hydrogen-bond donors (Lipinski definition) is 0. The smallest absolute Gasteiger partial charge is 0.199 e. The highest BCUT2D eigenvalue weighted by Gasteiger charge is 2.24. The van der Waals surface area contributed by atoms with Gasteiger partial charge in [0.25, 0.3) is 0 Å². The second kappa shape index (κ2) is 7.40. The molecular formula is C26H30N3+. The molecule has 29 heavy (non-hydrogen) atoms. The molecule has 0 radical (unpaired) electrons. The average molecular weight is 385 g/mol. The van der Waals surface area contributed by atoms with Crippen molar-refractivity contribution in [1.29, 1.82) is 0 Å². The molecule has 0 spiro atoms. The summed E-state index contributed by atoms with van der Waals surface area (Å²) in [5.74, 6) is 0. The highest BCUT2D eigenvalue weighted by atomic mass is 15.1. The third-order valence-corrected chi connectivity index (χ3v) is 5.80. The van der Waals surface area contributed by atoms with Crippen molar-refractivity contribution in [1.82, 2.24) is 0 Å². The first kappa shape index (κ1) is 19.3. The summed E-state index contributed by atoms with van der Waals surface area (Å²) < 4.78 is 2.14. The van der Waals surface area contributed by atoms with E-state index in [0.29, 0.717) is 0 Å². The van der Waals surface area contributed by atoms with E-state index in [0.717, 1.165) is 6.42 Å². The Morgan fingerprint density at radius 1 is 0.690 bits per heavy atom. The van der Waals surface area contributed by atoms with Crippen LogP contribution in [0.3, 0.4) is 0 Å². The molecule has 0 bridgehead atoms. The summed E-state index contributed by atoms with van der Waals surface area (Å²) in [6, 6.07) is 13.7. The van der Waals surface area contributed by atoms with Crippen molar-refractivity contribution in [3.63, 3.8) is 0 Å². The Hall–Kier alpha value is -3.07. The van der Waals surface area contributed by atoms with Gasteiger partial charge in [-0.25, -0.2) is 4.58 Å². The van der Waals surface area contributed by atoms with Crippen LogP contribution in [0.15, 0.2) is 66.3 Å². The highest BCUT2D eigenvalue weighted by molar-refractivity contribution is 6.04. The lowest BCUT2D eigenvalue weighted by atomic mass is 9.79. The molecule has 0 atom stereocenters. The van der Waals surface area contributed by atoms with Gasteiger partial charge in [-0.1, -0.05) is 12.1 Å². The minimum absolute atomic E-state index is 0.966. The van der Waals surface area contributed by atoms with Gasteiger partial charge < -0.3 is 9.80 Å². The van der Waals surface area contributed by atoms with Gasteiger partial charge in [-0.3, -0.25) is 0 Å². The van der Waals surface area contributed by atoms with E-state index in [1.165, 1.54) is 50.5 Å². The van der Waals surface area contributed by atoms with Crippen LogP contribution >= 0.6 is 0 Å². The number of anilines is 2. The minimum atomic E-state index is 0.966. The molecule has 0 aromatic heterocycles. The van der Waals surface area contributed by atoms with Crippen LogP contribution in [0.4, 0.5) is 11.4 Å². The quantitative estimate of drug-likeness (QED) is 0.607. The molecule has 2 aromatic carbocycles. The molecule has 4 rings (SSSR count). The second-order valence-electron chi connectivity index (χ2n) is 8.46. The molecule has 2 aliphatic rings. The molecule has 148 valence electrons. The normalized spacial score (nSPS) is 14.6. The van der Waals surface area contributed by atoms with Gasteiger partial charge >= 0.3 is 0 Å². The minimum Gasteiger partial charge on any atom is -0.378 e. The zero-order valence-corrected chi connectivity index (χ0v) is 18.3. The van der Waals surface area contributed by atoms with E-state index in [1.807, 2.05) is 0 Å². The zero-order chi connectivity index (χ0) is 20.7. The van der Waals surface area contributed by atoms with Crippen molar-refractivity contribution in [2.24, 2.45) is 0 Å². The fourth-order valence-corrected chi connectivity index (χ4v) is 4.08. The molecule has 2 aliphatic carbocycles. The van der Waals surface area contributed by atoms with Gasteiger partial charge in [-0.2, -0.15) is 0 Å². The molecule has 3 nitrogen and oxygen atoms in total. The Kier molecular flexibility index (Phi) is 4.91. The molecule has 3 heteroatoms. The van der Waals surface area contributed by atoms with Crippen molar-refractivity contribution in [3.05, 3.63) is 88.5 Å². The van der Waals surface area contributed by atoms with Crippen LogP contribution in [0.2, 0.25) is 0 Å². The lowest BCUT2D eigenvalue weighted by molar-refractivity contribution is -0.462. The lowest BCUT2D eigenvalue weighted by Gasteiger charge is -2.27. The summed E-state index contributed by atoms with van der Waals surface area (Å²) in [6.45, 7) is 0. The van der Waals surface area contributed by atoms with Crippen LogP contribution in [0.1, 0.15) is 22.3 Å². The first-order valence-electron chi connectivity index (χ1n) is 10.1. The molecule has 0 saturated heterocycles. The van der Waals surface area contributed by atoms with Crippen molar-refractivity contribution < 1.29 is 4.58 Å². The third kappa shape index (κ3) is 3.53. The van der Waals surface area contributed by atoms with E-state index < -0.39 is 0 Å². The van der Waals surface area contributed by atoms with Gasteiger partial charge in [-0.15, -0.1) is 0 Å². The first-order chi connectivity index (χ1) is 13.8.